The number of nitrogens with two attached hydrogens (primary N) is 1. The van der Waals surface area contributed by atoms with Gasteiger partial charge in [-0.05, 0) is 30.5 Å². The van der Waals surface area contributed by atoms with Gasteiger partial charge in [-0.1, -0.05) is 13.8 Å². The summed E-state index contributed by atoms with van der Waals surface area (Å²) in [5, 5.41) is 0.442. The van der Waals surface area contributed by atoms with Crippen molar-refractivity contribution in [2.75, 3.05) is 6.61 Å². The minimum Gasteiger partial charge on any atom is -0.490 e. The predicted octanol–water partition coefficient (Wildman–Crippen LogP) is 3.52. The van der Waals surface area contributed by atoms with E-state index in [1.165, 1.54) is 12.3 Å². The molecule has 3 rings (SSSR count). The van der Waals surface area contributed by atoms with E-state index < -0.39 is 0 Å². The normalized spacial score (nSPS) is 12.7. The summed E-state index contributed by atoms with van der Waals surface area (Å²) in [6.45, 7) is 4.71. The van der Waals surface area contributed by atoms with Crippen LogP contribution in [0.2, 0.25) is 0 Å². The maximum Gasteiger partial charge on any atom is 0.140 e. The molecule has 1 atom stereocenters. The van der Waals surface area contributed by atoms with Gasteiger partial charge in [0.1, 0.15) is 23.8 Å². The van der Waals surface area contributed by atoms with Crippen LogP contribution in [0.15, 0.2) is 36.8 Å². The maximum atomic E-state index is 14.0. The van der Waals surface area contributed by atoms with Gasteiger partial charge in [0, 0.05) is 24.0 Å². The van der Waals surface area contributed by atoms with Gasteiger partial charge in [-0.3, -0.25) is 4.98 Å². The zero-order valence-corrected chi connectivity index (χ0v) is 13.8. The van der Waals surface area contributed by atoms with Gasteiger partial charge in [-0.25, -0.2) is 9.37 Å². The van der Waals surface area contributed by atoms with Crippen LogP contribution in [0.25, 0.3) is 22.3 Å². The number of pyridine rings is 2. The molecule has 6 heteroatoms. The minimum absolute atomic E-state index is 0.00142. The highest BCUT2D eigenvalue weighted by molar-refractivity contribution is 5.92. The molecule has 0 amide bonds. The monoisotopic (exact) mass is 328 g/mol. The Balaban J connectivity index is 1.74. The summed E-state index contributed by atoms with van der Waals surface area (Å²) in [4.78, 5) is 11.4. The van der Waals surface area contributed by atoms with Crippen LogP contribution < -0.4 is 10.5 Å². The van der Waals surface area contributed by atoms with E-state index in [0.717, 1.165) is 6.42 Å². The molecule has 0 saturated carbocycles. The number of aromatic amines is 1. The molecule has 0 spiro atoms. The van der Waals surface area contributed by atoms with Crippen LogP contribution in [0.3, 0.4) is 0 Å². The predicted molar refractivity (Wildman–Crippen MR) is 92.2 cm³/mol. The first-order valence-corrected chi connectivity index (χ1v) is 8.01. The highest BCUT2D eigenvalue weighted by atomic mass is 19.1. The molecule has 3 N–H and O–H groups in total. The second kappa shape index (κ2) is 6.97. The van der Waals surface area contributed by atoms with Crippen molar-refractivity contribution in [1.82, 2.24) is 15.0 Å². The first-order chi connectivity index (χ1) is 11.5. The minimum atomic E-state index is -0.321. The first-order valence-electron chi connectivity index (χ1n) is 8.01. The zero-order valence-electron chi connectivity index (χ0n) is 13.8. The number of hydrogen-bond donors (Lipinski definition) is 2. The van der Waals surface area contributed by atoms with E-state index in [0.29, 0.717) is 40.6 Å². The third kappa shape index (κ3) is 3.54. The Bertz CT molecular complexity index is 814. The van der Waals surface area contributed by atoms with Gasteiger partial charge < -0.3 is 15.5 Å². The summed E-state index contributed by atoms with van der Waals surface area (Å²) in [6.07, 6.45) is 5.68. The van der Waals surface area contributed by atoms with Gasteiger partial charge in [0.25, 0.3) is 0 Å². The van der Waals surface area contributed by atoms with Gasteiger partial charge in [0.2, 0.25) is 0 Å². The molecule has 24 heavy (non-hydrogen) atoms. The molecule has 0 radical (unpaired) electrons. The molecule has 0 aliphatic carbocycles. The number of ether oxygens (including phenoxy) is 1. The fraction of sp³-hybridized carbons (Fsp3) is 0.333. The molecule has 0 aliphatic rings. The summed E-state index contributed by atoms with van der Waals surface area (Å²) >= 11 is 0. The molecule has 5 nitrogen and oxygen atoms in total. The first kappa shape index (κ1) is 16.4. The SMILES string of the molecule is CC(C)C[C@H](N)COc1ccc(-c2c[nH]c3nccc(F)c23)nc1. The molecular formula is C18H21FN4O. The lowest BCUT2D eigenvalue weighted by atomic mass is 10.1. The summed E-state index contributed by atoms with van der Waals surface area (Å²) in [7, 11) is 0. The van der Waals surface area contributed by atoms with E-state index in [-0.39, 0.29) is 11.9 Å². The van der Waals surface area contributed by atoms with E-state index in [1.807, 2.05) is 6.07 Å². The van der Waals surface area contributed by atoms with Crippen molar-refractivity contribution >= 4 is 11.0 Å². The Hall–Kier alpha value is -2.47. The number of nitrogens with one attached hydrogen (secondary N) is 1. The van der Waals surface area contributed by atoms with E-state index in [9.17, 15) is 4.39 Å². The van der Waals surface area contributed by atoms with Crippen LogP contribution in [-0.4, -0.2) is 27.6 Å². The van der Waals surface area contributed by atoms with Crippen LogP contribution >= 0.6 is 0 Å². The number of hydrogen-bond acceptors (Lipinski definition) is 4. The maximum absolute atomic E-state index is 14.0. The van der Waals surface area contributed by atoms with Crippen LogP contribution in [0.4, 0.5) is 4.39 Å². The van der Waals surface area contributed by atoms with Crippen LogP contribution in [-0.2, 0) is 0 Å². The molecule has 126 valence electrons. The Kier molecular flexibility index (Phi) is 4.76. The second-order valence-corrected chi connectivity index (χ2v) is 6.30. The summed E-state index contributed by atoms with van der Waals surface area (Å²) < 4.78 is 19.7. The molecule has 0 bridgehead atoms. The smallest absolute Gasteiger partial charge is 0.140 e. The van der Waals surface area contributed by atoms with Crippen molar-refractivity contribution in [2.45, 2.75) is 26.3 Å². The molecule has 3 aromatic rings. The molecule has 0 fully saturated rings. The summed E-state index contributed by atoms with van der Waals surface area (Å²) in [5.74, 6) is 0.865. The Morgan fingerprint density at radius 3 is 2.79 bits per heavy atom. The Morgan fingerprint density at radius 2 is 2.08 bits per heavy atom. The molecule has 0 unspecified atom stereocenters. The lowest BCUT2D eigenvalue weighted by Gasteiger charge is -2.15. The van der Waals surface area contributed by atoms with Crippen molar-refractivity contribution in [3.63, 3.8) is 0 Å². The summed E-state index contributed by atoms with van der Waals surface area (Å²) in [6, 6.07) is 4.96. The third-order valence-corrected chi connectivity index (χ3v) is 3.77. The summed E-state index contributed by atoms with van der Waals surface area (Å²) in [5.41, 5.74) is 7.86. The van der Waals surface area contributed by atoms with Gasteiger partial charge in [0.15, 0.2) is 0 Å². The van der Waals surface area contributed by atoms with Gasteiger partial charge in [-0.2, -0.15) is 0 Å². The largest absolute Gasteiger partial charge is 0.490 e. The van der Waals surface area contributed by atoms with Crippen molar-refractivity contribution in [1.29, 1.82) is 0 Å². The van der Waals surface area contributed by atoms with Crippen LogP contribution in [0.1, 0.15) is 20.3 Å². The highest BCUT2D eigenvalue weighted by Gasteiger charge is 2.13. The van der Waals surface area contributed by atoms with Crippen molar-refractivity contribution in [3.8, 4) is 17.0 Å². The van der Waals surface area contributed by atoms with Crippen LogP contribution in [0, 0.1) is 11.7 Å². The molecule has 3 heterocycles. The number of nitrogens with zero attached hydrogens (tertiary/aromatic N) is 2. The topological polar surface area (TPSA) is 76.8 Å². The number of fused-ring (bicyclic) bond motifs is 1. The van der Waals surface area contributed by atoms with E-state index >= 15 is 0 Å². The average molecular weight is 328 g/mol. The number of aromatic nitrogens is 3. The van der Waals surface area contributed by atoms with E-state index in [4.69, 9.17) is 10.5 Å². The van der Waals surface area contributed by atoms with E-state index in [1.54, 1.807) is 18.5 Å². The fourth-order valence-electron chi connectivity index (χ4n) is 2.72. The zero-order chi connectivity index (χ0) is 17.1. The van der Waals surface area contributed by atoms with Gasteiger partial charge >= 0.3 is 0 Å². The van der Waals surface area contributed by atoms with Crippen molar-refractivity contribution in [2.24, 2.45) is 11.7 Å². The lowest BCUT2D eigenvalue weighted by molar-refractivity contribution is 0.270. The molecular weight excluding hydrogens is 307 g/mol. The quantitative estimate of drug-likeness (QED) is 0.726. The van der Waals surface area contributed by atoms with Crippen molar-refractivity contribution in [3.05, 3.63) is 42.6 Å². The highest BCUT2D eigenvalue weighted by Crippen LogP contribution is 2.28. The average Bonchev–Trinajstić information content (AvgIpc) is 2.98. The molecule has 0 saturated heterocycles. The number of rotatable bonds is 6. The molecule has 0 aliphatic heterocycles. The van der Waals surface area contributed by atoms with Gasteiger partial charge in [0.05, 0.1) is 17.3 Å². The van der Waals surface area contributed by atoms with Crippen molar-refractivity contribution < 1.29 is 9.13 Å². The van der Waals surface area contributed by atoms with E-state index in [2.05, 4.69) is 28.8 Å². The Morgan fingerprint density at radius 1 is 1.25 bits per heavy atom. The standard InChI is InChI=1S/C18H21FN4O/c1-11(2)7-12(20)10-24-13-3-4-16(22-8-13)14-9-23-18-17(14)15(19)5-6-21-18/h3-6,8-9,11-12H,7,10,20H2,1-2H3,(H,21,23)/t12-/m0/s1. The number of H-pyrrole nitrogens is 1. The van der Waals surface area contributed by atoms with Gasteiger partial charge in [-0.15, -0.1) is 0 Å². The third-order valence-electron chi connectivity index (χ3n) is 3.77. The molecule has 3 aromatic heterocycles. The molecule has 0 aromatic carbocycles. The lowest BCUT2D eigenvalue weighted by Crippen LogP contribution is -2.29. The number of halogens is 1. The second-order valence-electron chi connectivity index (χ2n) is 6.30. The van der Waals surface area contributed by atoms with Crippen LogP contribution in [0.5, 0.6) is 5.75 Å². The fourth-order valence-corrected chi connectivity index (χ4v) is 2.72. The Labute approximate surface area is 140 Å².